The minimum Gasteiger partial charge on any atom is -0.369 e. The van der Waals surface area contributed by atoms with Gasteiger partial charge in [0, 0.05) is 70.8 Å². The first-order chi connectivity index (χ1) is 12.6. The quantitative estimate of drug-likeness (QED) is 0.702. The maximum atomic E-state index is 12.1. The highest BCUT2D eigenvalue weighted by atomic mass is 16.1. The molecular formula is C19H24N6O. The Balaban J connectivity index is 1.40. The number of rotatable bonds is 4. The third kappa shape index (κ3) is 3.22. The maximum Gasteiger partial charge on any atom is 0.260 e. The highest BCUT2D eigenvalue weighted by molar-refractivity contribution is 5.81. The topological polar surface area (TPSA) is 59.2 Å². The van der Waals surface area contributed by atoms with E-state index in [1.807, 2.05) is 37.8 Å². The lowest BCUT2D eigenvalue weighted by Gasteiger charge is -2.36. The molecule has 0 unspecified atom stereocenters. The van der Waals surface area contributed by atoms with Gasteiger partial charge in [-0.1, -0.05) is 0 Å². The number of fused-ring (bicyclic) bond motifs is 1. The Morgan fingerprint density at radius 2 is 1.85 bits per heavy atom. The Morgan fingerprint density at radius 3 is 2.58 bits per heavy atom. The van der Waals surface area contributed by atoms with Gasteiger partial charge in [0.15, 0.2) is 0 Å². The monoisotopic (exact) mass is 352 g/mol. The van der Waals surface area contributed by atoms with Gasteiger partial charge in [-0.2, -0.15) is 0 Å². The van der Waals surface area contributed by atoms with E-state index >= 15 is 0 Å². The highest BCUT2D eigenvalue weighted by Gasteiger charge is 2.18. The molecule has 1 aliphatic rings. The van der Waals surface area contributed by atoms with Gasteiger partial charge in [-0.3, -0.25) is 9.69 Å². The first-order valence-electron chi connectivity index (χ1n) is 9.00. The lowest BCUT2D eigenvalue weighted by molar-refractivity contribution is 0.259. The number of hydrogen-bond donors (Lipinski definition) is 0. The zero-order valence-corrected chi connectivity index (χ0v) is 15.3. The Bertz CT molecular complexity index is 968. The van der Waals surface area contributed by atoms with E-state index in [9.17, 15) is 4.79 Å². The molecule has 0 radical (unpaired) electrons. The summed E-state index contributed by atoms with van der Waals surface area (Å²) in [5, 5.41) is 0.675. The average Bonchev–Trinajstić information content (AvgIpc) is 3.08. The summed E-state index contributed by atoms with van der Waals surface area (Å²) in [4.78, 5) is 25.6. The zero-order chi connectivity index (χ0) is 18.1. The van der Waals surface area contributed by atoms with Crippen LogP contribution in [0.4, 0.5) is 5.69 Å². The zero-order valence-electron chi connectivity index (χ0n) is 15.3. The normalized spacial score (nSPS) is 15.7. The van der Waals surface area contributed by atoms with Crippen LogP contribution in [0.5, 0.6) is 0 Å². The van der Waals surface area contributed by atoms with Gasteiger partial charge in [0.2, 0.25) is 0 Å². The van der Waals surface area contributed by atoms with E-state index in [0.29, 0.717) is 5.39 Å². The van der Waals surface area contributed by atoms with Gasteiger partial charge in [0.1, 0.15) is 0 Å². The number of nitrogens with zero attached hydrogens (tertiary/aromatic N) is 6. The molecule has 0 N–H and O–H groups in total. The number of piperazine rings is 1. The van der Waals surface area contributed by atoms with Crippen molar-refractivity contribution >= 4 is 16.6 Å². The van der Waals surface area contributed by atoms with Crippen molar-refractivity contribution in [1.29, 1.82) is 0 Å². The van der Waals surface area contributed by atoms with Crippen LogP contribution in [0.1, 0.15) is 5.69 Å². The van der Waals surface area contributed by atoms with Gasteiger partial charge in [-0.05, 0) is 18.2 Å². The molecule has 3 heterocycles. The fourth-order valence-electron chi connectivity index (χ4n) is 3.52. The number of hydrogen-bond acceptors (Lipinski definition) is 5. The molecule has 0 bridgehead atoms. The average molecular weight is 352 g/mol. The van der Waals surface area contributed by atoms with Crippen molar-refractivity contribution < 1.29 is 0 Å². The predicted molar refractivity (Wildman–Crippen MR) is 103 cm³/mol. The summed E-state index contributed by atoms with van der Waals surface area (Å²) in [5.41, 5.74) is 3.19. The summed E-state index contributed by atoms with van der Waals surface area (Å²) >= 11 is 0. The third-order valence-corrected chi connectivity index (χ3v) is 5.24. The van der Waals surface area contributed by atoms with Crippen molar-refractivity contribution in [2.75, 3.05) is 37.6 Å². The van der Waals surface area contributed by atoms with Gasteiger partial charge >= 0.3 is 0 Å². The molecule has 1 saturated heterocycles. The smallest absolute Gasteiger partial charge is 0.260 e. The second-order valence-corrected chi connectivity index (χ2v) is 6.94. The van der Waals surface area contributed by atoms with E-state index in [1.54, 1.807) is 13.4 Å². The van der Waals surface area contributed by atoms with E-state index in [1.165, 1.54) is 10.3 Å². The number of aromatic nitrogens is 4. The molecule has 1 aliphatic heterocycles. The lowest BCUT2D eigenvalue weighted by atomic mass is 10.2. The Morgan fingerprint density at radius 1 is 1.04 bits per heavy atom. The maximum absolute atomic E-state index is 12.1. The van der Waals surface area contributed by atoms with Crippen LogP contribution in [0.15, 0.2) is 41.8 Å². The van der Waals surface area contributed by atoms with E-state index in [0.717, 1.165) is 50.3 Å². The highest BCUT2D eigenvalue weighted by Crippen LogP contribution is 2.20. The molecule has 0 saturated carbocycles. The molecule has 1 aromatic carbocycles. The molecule has 0 aliphatic carbocycles. The molecule has 4 rings (SSSR count). The summed E-state index contributed by atoms with van der Waals surface area (Å²) in [5.74, 6) is 0. The van der Waals surface area contributed by atoms with Crippen molar-refractivity contribution in [3.05, 3.63) is 53.1 Å². The summed E-state index contributed by atoms with van der Waals surface area (Å²) in [6.07, 6.45) is 6.42. The van der Waals surface area contributed by atoms with Gasteiger partial charge in [-0.25, -0.2) is 9.97 Å². The molecule has 3 aromatic rings. The molecule has 7 heteroatoms. The Kier molecular flexibility index (Phi) is 4.46. The number of benzene rings is 1. The van der Waals surface area contributed by atoms with E-state index in [2.05, 4.69) is 24.3 Å². The number of aryl methyl sites for hydroxylation is 2. The lowest BCUT2D eigenvalue weighted by Crippen LogP contribution is -2.47. The van der Waals surface area contributed by atoms with Crippen LogP contribution in [0.3, 0.4) is 0 Å². The molecule has 7 nitrogen and oxygen atoms in total. The molecule has 2 aromatic heterocycles. The molecule has 1 fully saturated rings. The Labute approximate surface area is 152 Å². The Hall–Kier alpha value is -2.67. The molecule has 0 atom stereocenters. The SMILES string of the molecule is Cn1cncc1CCN1CCN(c2ccc3c(=O)n(C)cnc3c2)CC1. The minimum atomic E-state index is 0.00142. The summed E-state index contributed by atoms with van der Waals surface area (Å²) in [7, 11) is 3.77. The fraction of sp³-hybridized carbons (Fsp3) is 0.421. The number of imidazole rings is 1. The van der Waals surface area contributed by atoms with Gasteiger partial charge < -0.3 is 14.0 Å². The van der Waals surface area contributed by atoms with E-state index in [-0.39, 0.29) is 5.56 Å². The van der Waals surface area contributed by atoms with E-state index in [4.69, 9.17) is 0 Å². The van der Waals surface area contributed by atoms with Crippen LogP contribution in [-0.2, 0) is 20.5 Å². The minimum absolute atomic E-state index is 0.00142. The van der Waals surface area contributed by atoms with Crippen LogP contribution in [-0.4, -0.2) is 56.7 Å². The fourth-order valence-corrected chi connectivity index (χ4v) is 3.52. The van der Waals surface area contributed by atoms with Crippen molar-refractivity contribution in [3.8, 4) is 0 Å². The summed E-state index contributed by atoms with van der Waals surface area (Å²) in [6, 6.07) is 5.97. The van der Waals surface area contributed by atoms with Crippen LogP contribution in [0.25, 0.3) is 10.9 Å². The standard InChI is InChI=1S/C19H24N6O/c1-22-13-20-12-16(22)5-6-24-7-9-25(10-8-24)15-3-4-17-18(11-15)21-14-23(2)19(17)26/h3-4,11-14H,5-10H2,1-2H3. The van der Waals surface area contributed by atoms with Crippen molar-refractivity contribution in [1.82, 2.24) is 24.0 Å². The van der Waals surface area contributed by atoms with Gasteiger partial charge in [0.05, 0.1) is 23.6 Å². The van der Waals surface area contributed by atoms with Crippen LogP contribution >= 0.6 is 0 Å². The number of anilines is 1. The van der Waals surface area contributed by atoms with Crippen LogP contribution in [0.2, 0.25) is 0 Å². The van der Waals surface area contributed by atoms with Crippen LogP contribution < -0.4 is 10.5 Å². The van der Waals surface area contributed by atoms with Crippen molar-refractivity contribution in [2.24, 2.45) is 14.1 Å². The van der Waals surface area contributed by atoms with E-state index < -0.39 is 0 Å². The van der Waals surface area contributed by atoms with Crippen molar-refractivity contribution in [2.45, 2.75) is 6.42 Å². The molecule has 136 valence electrons. The largest absolute Gasteiger partial charge is 0.369 e. The molecule has 26 heavy (non-hydrogen) atoms. The second kappa shape index (κ2) is 6.92. The molecule has 0 amide bonds. The second-order valence-electron chi connectivity index (χ2n) is 6.94. The first-order valence-corrected chi connectivity index (χ1v) is 9.00. The summed E-state index contributed by atoms with van der Waals surface area (Å²) in [6.45, 7) is 5.12. The van der Waals surface area contributed by atoms with Crippen molar-refractivity contribution in [3.63, 3.8) is 0 Å². The molecular weight excluding hydrogens is 328 g/mol. The summed E-state index contributed by atoms with van der Waals surface area (Å²) < 4.78 is 3.60. The predicted octanol–water partition coefficient (Wildman–Crippen LogP) is 1.03. The molecule has 0 spiro atoms. The third-order valence-electron chi connectivity index (χ3n) is 5.24. The van der Waals surface area contributed by atoms with Gasteiger partial charge in [0.25, 0.3) is 5.56 Å². The van der Waals surface area contributed by atoms with Crippen LogP contribution in [0, 0.1) is 0 Å². The van der Waals surface area contributed by atoms with Gasteiger partial charge in [-0.15, -0.1) is 0 Å². The first kappa shape index (κ1) is 16.8.